The molecule has 0 saturated heterocycles. The minimum atomic E-state index is -0.0241. The molecule has 0 spiro atoms. The number of benzene rings is 1. The molecule has 0 aliphatic carbocycles. The van der Waals surface area contributed by atoms with Gasteiger partial charge in [-0.3, -0.25) is 4.79 Å². The van der Waals surface area contributed by atoms with Crippen molar-refractivity contribution in [3.63, 3.8) is 0 Å². The maximum atomic E-state index is 10.8. The van der Waals surface area contributed by atoms with E-state index in [-0.39, 0.29) is 5.78 Å². The first kappa shape index (κ1) is 7.60. The average molecular weight is 150 g/mol. The third-order valence-corrected chi connectivity index (χ3v) is 1.38. The zero-order chi connectivity index (χ0) is 8.43. The van der Waals surface area contributed by atoms with Crippen molar-refractivity contribution in [3.8, 4) is 0 Å². The van der Waals surface area contributed by atoms with Gasteiger partial charge in [-0.1, -0.05) is 0 Å². The lowest BCUT2D eigenvalue weighted by Crippen LogP contribution is -1.97. The van der Waals surface area contributed by atoms with Gasteiger partial charge in [-0.25, -0.2) is 0 Å². The van der Waals surface area contributed by atoms with Crippen molar-refractivity contribution in [2.24, 2.45) is 0 Å². The van der Waals surface area contributed by atoms with Gasteiger partial charge in [0.15, 0.2) is 5.78 Å². The van der Waals surface area contributed by atoms with Gasteiger partial charge < -0.3 is 11.5 Å². The normalized spacial score (nSPS) is 9.55. The van der Waals surface area contributed by atoms with E-state index in [1.165, 1.54) is 6.92 Å². The molecule has 58 valence electrons. The maximum Gasteiger partial charge on any atom is 0.159 e. The van der Waals surface area contributed by atoms with E-state index in [2.05, 4.69) is 0 Å². The van der Waals surface area contributed by atoms with E-state index < -0.39 is 0 Å². The minimum Gasteiger partial charge on any atom is -0.399 e. The number of anilines is 2. The molecule has 0 atom stereocenters. The highest BCUT2D eigenvalue weighted by Crippen LogP contribution is 2.13. The van der Waals surface area contributed by atoms with Crippen LogP contribution in [0, 0.1) is 0 Å². The molecule has 0 unspecified atom stereocenters. The second-order valence-electron chi connectivity index (χ2n) is 2.44. The fourth-order valence-electron chi connectivity index (χ4n) is 0.880. The van der Waals surface area contributed by atoms with Crippen molar-refractivity contribution in [3.05, 3.63) is 23.8 Å². The van der Waals surface area contributed by atoms with Gasteiger partial charge in [-0.2, -0.15) is 0 Å². The molecule has 0 fully saturated rings. The van der Waals surface area contributed by atoms with Gasteiger partial charge in [-0.05, 0) is 25.1 Å². The summed E-state index contributed by atoms with van der Waals surface area (Å²) in [5.74, 6) is -0.0241. The number of hydrogen-bond donors (Lipinski definition) is 2. The first-order valence-corrected chi connectivity index (χ1v) is 3.26. The largest absolute Gasteiger partial charge is 0.399 e. The number of carbonyl (C=O) groups excluding carboxylic acids is 1. The number of rotatable bonds is 1. The number of carbonyl (C=O) groups is 1. The van der Waals surface area contributed by atoms with Gasteiger partial charge in [0.25, 0.3) is 0 Å². The van der Waals surface area contributed by atoms with Gasteiger partial charge in [-0.15, -0.1) is 0 Å². The molecular formula is C8H10N2O. The molecule has 0 saturated carbocycles. The summed E-state index contributed by atoms with van der Waals surface area (Å²) in [4.78, 5) is 10.8. The molecule has 3 heteroatoms. The third-order valence-electron chi connectivity index (χ3n) is 1.38. The Morgan fingerprint density at radius 2 is 1.64 bits per heavy atom. The Morgan fingerprint density at radius 1 is 1.18 bits per heavy atom. The fraction of sp³-hybridized carbons (Fsp3) is 0.125. The van der Waals surface area contributed by atoms with E-state index >= 15 is 0 Å². The van der Waals surface area contributed by atoms with Crippen LogP contribution in [0.25, 0.3) is 0 Å². The van der Waals surface area contributed by atoms with Crippen LogP contribution in [-0.4, -0.2) is 5.78 Å². The zero-order valence-electron chi connectivity index (χ0n) is 6.29. The van der Waals surface area contributed by atoms with Crippen molar-refractivity contribution in [2.75, 3.05) is 11.5 Å². The van der Waals surface area contributed by atoms with E-state index in [0.29, 0.717) is 16.9 Å². The van der Waals surface area contributed by atoms with Crippen LogP contribution in [0.15, 0.2) is 18.2 Å². The van der Waals surface area contributed by atoms with Crippen LogP contribution in [0.4, 0.5) is 11.4 Å². The molecule has 0 aromatic heterocycles. The lowest BCUT2D eigenvalue weighted by molar-refractivity contribution is 0.101. The van der Waals surface area contributed by atoms with Crippen LogP contribution in [-0.2, 0) is 0 Å². The summed E-state index contributed by atoms with van der Waals surface area (Å²) in [6.07, 6.45) is 0. The second kappa shape index (κ2) is 2.62. The quantitative estimate of drug-likeness (QED) is 0.464. The molecule has 1 aromatic carbocycles. The molecule has 11 heavy (non-hydrogen) atoms. The van der Waals surface area contributed by atoms with Crippen LogP contribution in [0.1, 0.15) is 17.3 Å². The lowest BCUT2D eigenvalue weighted by Gasteiger charge is -1.99. The highest BCUT2D eigenvalue weighted by molar-refractivity contribution is 5.95. The predicted molar refractivity (Wildman–Crippen MR) is 45.3 cm³/mol. The molecule has 0 aliphatic heterocycles. The van der Waals surface area contributed by atoms with Crippen molar-refractivity contribution < 1.29 is 4.79 Å². The summed E-state index contributed by atoms with van der Waals surface area (Å²) in [5, 5.41) is 0. The van der Waals surface area contributed by atoms with Crippen molar-refractivity contribution in [2.45, 2.75) is 6.92 Å². The van der Waals surface area contributed by atoms with E-state index in [1.54, 1.807) is 18.2 Å². The van der Waals surface area contributed by atoms with E-state index in [4.69, 9.17) is 11.5 Å². The first-order chi connectivity index (χ1) is 5.09. The topological polar surface area (TPSA) is 69.1 Å². The van der Waals surface area contributed by atoms with Gasteiger partial charge in [0, 0.05) is 16.9 Å². The van der Waals surface area contributed by atoms with Crippen LogP contribution in [0.3, 0.4) is 0 Å². The smallest absolute Gasteiger partial charge is 0.159 e. The summed E-state index contributed by atoms with van der Waals surface area (Å²) in [6, 6.07) is 4.84. The van der Waals surface area contributed by atoms with Crippen LogP contribution in [0.2, 0.25) is 0 Å². The number of nitrogens with two attached hydrogens (primary N) is 2. The molecule has 1 aromatic rings. The lowest BCUT2D eigenvalue weighted by atomic mass is 10.1. The Bertz CT molecular complexity index is 274. The predicted octanol–water partition coefficient (Wildman–Crippen LogP) is 1.05. The van der Waals surface area contributed by atoms with Crippen molar-refractivity contribution in [1.29, 1.82) is 0 Å². The SMILES string of the molecule is CC(=O)c1cc(N)cc(N)c1. The van der Waals surface area contributed by atoms with Crippen molar-refractivity contribution in [1.82, 2.24) is 0 Å². The number of Topliss-reactive ketones (excluding diaryl/α,β-unsaturated/α-hetero) is 1. The monoisotopic (exact) mass is 150 g/mol. The Kier molecular flexibility index (Phi) is 1.81. The Morgan fingerprint density at radius 3 is 2.00 bits per heavy atom. The van der Waals surface area contributed by atoms with Gasteiger partial charge in [0.2, 0.25) is 0 Å². The highest BCUT2D eigenvalue weighted by atomic mass is 16.1. The van der Waals surface area contributed by atoms with E-state index in [0.717, 1.165) is 0 Å². The minimum absolute atomic E-state index is 0.0241. The maximum absolute atomic E-state index is 10.8. The molecule has 0 bridgehead atoms. The summed E-state index contributed by atoms with van der Waals surface area (Å²) < 4.78 is 0. The van der Waals surface area contributed by atoms with E-state index in [1.807, 2.05) is 0 Å². The van der Waals surface area contributed by atoms with Gasteiger partial charge >= 0.3 is 0 Å². The Labute approximate surface area is 65.0 Å². The molecule has 1 rings (SSSR count). The van der Waals surface area contributed by atoms with Gasteiger partial charge in [0.1, 0.15) is 0 Å². The third kappa shape index (κ3) is 1.70. The summed E-state index contributed by atoms with van der Waals surface area (Å²) in [7, 11) is 0. The Hall–Kier alpha value is -1.51. The zero-order valence-corrected chi connectivity index (χ0v) is 6.29. The average Bonchev–Trinajstić information content (AvgIpc) is 1.85. The summed E-state index contributed by atoms with van der Waals surface area (Å²) in [5.41, 5.74) is 12.5. The van der Waals surface area contributed by atoms with Gasteiger partial charge in [0.05, 0.1) is 0 Å². The molecular weight excluding hydrogens is 140 g/mol. The van der Waals surface area contributed by atoms with Crippen LogP contribution >= 0.6 is 0 Å². The molecule has 4 N–H and O–H groups in total. The highest BCUT2D eigenvalue weighted by Gasteiger charge is 2.00. The summed E-state index contributed by atoms with van der Waals surface area (Å²) in [6.45, 7) is 1.48. The van der Waals surface area contributed by atoms with Crippen LogP contribution in [0.5, 0.6) is 0 Å². The second-order valence-corrected chi connectivity index (χ2v) is 2.44. The molecule has 3 nitrogen and oxygen atoms in total. The molecule has 0 heterocycles. The van der Waals surface area contributed by atoms with E-state index in [9.17, 15) is 4.79 Å². The van der Waals surface area contributed by atoms with Crippen molar-refractivity contribution >= 4 is 17.2 Å². The summed E-state index contributed by atoms with van der Waals surface area (Å²) >= 11 is 0. The number of nitrogen functional groups attached to an aromatic ring is 2. The Balaban J connectivity index is 3.19. The molecule has 0 radical (unpaired) electrons. The number of ketones is 1. The first-order valence-electron chi connectivity index (χ1n) is 3.26. The number of hydrogen-bond acceptors (Lipinski definition) is 3. The fourth-order valence-corrected chi connectivity index (χ4v) is 0.880. The molecule has 0 aliphatic rings. The molecule has 0 amide bonds. The standard InChI is InChI=1S/C8H10N2O/c1-5(11)6-2-7(9)4-8(10)3-6/h2-4H,9-10H2,1H3. The van der Waals surface area contributed by atoms with Crippen LogP contribution < -0.4 is 11.5 Å².